The quantitative estimate of drug-likeness (QED) is 0.756. The van der Waals surface area contributed by atoms with Crippen molar-refractivity contribution in [3.63, 3.8) is 0 Å². The van der Waals surface area contributed by atoms with Gasteiger partial charge in [-0.15, -0.1) is 0 Å². The van der Waals surface area contributed by atoms with Crippen LogP contribution in [0, 0.1) is 5.41 Å². The molecule has 1 aromatic heterocycles. The van der Waals surface area contributed by atoms with Crippen molar-refractivity contribution in [1.29, 1.82) is 0 Å². The van der Waals surface area contributed by atoms with Crippen LogP contribution in [0.4, 0.5) is 11.8 Å². The molecule has 0 atom stereocenters. The zero-order chi connectivity index (χ0) is 21.6. The van der Waals surface area contributed by atoms with E-state index in [9.17, 15) is 4.79 Å². The minimum absolute atomic E-state index is 0.00499. The molecule has 1 aromatic carbocycles. The van der Waals surface area contributed by atoms with Crippen molar-refractivity contribution in [2.24, 2.45) is 5.41 Å². The first-order valence-corrected chi connectivity index (χ1v) is 10.6. The summed E-state index contributed by atoms with van der Waals surface area (Å²) in [7, 11) is 1.97. The molecule has 1 fully saturated rings. The fourth-order valence-electron chi connectivity index (χ4n) is 3.14. The Bertz CT molecular complexity index is 829. The molecule has 1 aliphatic heterocycles. The van der Waals surface area contributed by atoms with Crippen LogP contribution in [0.1, 0.15) is 36.8 Å². The van der Waals surface area contributed by atoms with Crippen molar-refractivity contribution in [3.05, 3.63) is 47.7 Å². The molecule has 7 heteroatoms. The standard InChI is InChI=1S/C23H33N5O2/c1-23(2,3)17-24-21(29)19-16-20(28-12-14-30-15-13-28)26-22(25-19)27(4)11-10-18-8-6-5-7-9-18/h5-9,16H,10-15,17H2,1-4H3,(H,24,29). The molecule has 0 aliphatic carbocycles. The summed E-state index contributed by atoms with van der Waals surface area (Å²) in [4.78, 5) is 26.3. The molecule has 0 spiro atoms. The van der Waals surface area contributed by atoms with Gasteiger partial charge in [-0.3, -0.25) is 4.79 Å². The Morgan fingerprint density at radius 1 is 1.17 bits per heavy atom. The van der Waals surface area contributed by atoms with Crippen molar-refractivity contribution < 1.29 is 9.53 Å². The van der Waals surface area contributed by atoms with Crippen molar-refractivity contribution >= 4 is 17.7 Å². The van der Waals surface area contributed by atoms with E-state index in [1.54, 1.807) is 6.07 Å². The lowest BCUT2D eigenvalue weighted by atomic mass is 9.97. The number of rotatable bonds is 7. The molecule has 2 heterocycles. The number of aromatic nitrogens is 2. The van der Waals surface area contributed by atoms with Crippen molar-refractivity contribution in [2.45, 2.75) is 27.2 Å². The predicted molar refractivity (Wildman–Crippen MR) is 120 cm³/mol. The van der Waals surface area contributed by atoms with E-state index in [4.69, 9.17) is 9.72 Å². The Balaban J connectivity index is 1.80. The maximum absolute atomic E-state index is 12.8. The maximum atomic E-state index is 12.8. The summed E-state index contributed by atoms with van der Waals surface area (Å²) in [5.74, 6) is 1.17. The number of anilines is 2. The first-order valence-electron chi connectivity index (χ1n) is 10.6. The Kier molecular flexibility index (Phi) is 7.26. The highest BCUT2D eigenvalue weighted by Crippen LogP contribution is 2.19. The lowest BCUT2D eigenvalue weighted by molar-refractivity contribution is 0.0934. The molecule has 1 amide bonds. The summed E-state index contributed by atoms with van der Waals surface area (Å²) < 4.78 is 5.47. The Labute approximate surface area is 179 Å². The third kappa shape index (κ3) is 6.42. The molecular weight excluding hydrogens is 378 g/mol. The number of nitrogens with zero attached hydrogens (tertiary/aromatic N) is 4. The van der Waals surface area contributed by atoms with Crippen molar-refractivity contribution in [1.82, 2.24) is 15.3 Å². The normalized spacial score (nSPS) is 14.5. The number of carbonyl (C=O) groups excluding carboxylic acids is 1. The van der Waals surface area contributed by atoms with Crippen LogP contribution >= 0.6 is 0 Å². The Hall–Kier alpha value is -2.67. The number of ether oxygens (including phenoxy) is 1. The second-order valence-corrected chi connectivity index (χ2v) is 8.91. The van der Waals surface area contributed by atoms with Gasteiger partial charge < -0.3 is 19.9 Å². The first-order chi connectivity index (χ1) is 14.3. The van der Waals surface area contributed by atoms with Gasteiger partial charge in [0, 0.05) is 39.3 Å². The fraction of sp³-hybridized carbons (Fsp3) is 0.522. The Morgan fingerprint density at radius 3 is 2.53 bits per heavy atom. The molecule has 2 aromatic rings. The van der Waals surface area contributed by atoms with Crippen LogP contribution in [-0.2, 0) is 11.2 Å². The van der Waals surface area contributed by atoms with Gasteiger partial charge >= 0.3 is 0 Å². The van der Waals surface area contributed by atoms with Crippen LogP contribution in [0.3, 0.4) is 0 Å². The van der Waals surface area contributed by atoms with Crippen LogP contribution in [0.25, 0.3) is 0 Å². The molecule has 0 saturated carbocycles. The van der Waals surface area contributed by atoms with Gasteiger partial charge in [0.05, 0.1) is 13.2 Å². The van der Waals surface area contributed by atoms with E-state index < -0.39 is 0 Å². The molecule has 7 nitrogen and oxygen atoms in total. The number of likely N-dealkylation sites (N-methyl/N-ethyl adjacent to an activating group) is 1. The highest BCUT2D eigenvalue weighted by molar-refractivity contribution is 5.93. The summed E-state index contributed by atoms with van der Waals surface area (Å²) >= 11 is 0. The lowest BCUT2D eigenvalue weighted by Crippen LogP contribution is -2.38. The van der Waals surface area contributed by atoms with E-state index in [2.05, 4.69) is 48.1 Å². The summed E-state index contributed by atoms with van der Waals surface area (Å²) in [6.45, 7) is 10.5. The van der Waals surface area contributed by atoms with Crippen LogP contribution < -0.4 is 15.1 Å². The van der Waals surface area contributed by atoms with E-state index in [0.717, 1.165) is 31.9 Å². The average Bonchev–Trinajstić information content (AvgIpc) is 2.76. The number of hydrogen-bond acceptors (Lipinski definition) is 6. The highest BCUT2D eigenvalue weighted by Gasteiger charge is 2.20. The maximum Gasteiger partial charge on any atom is 0.270 e. The van der Waals surface area contributed by atoms with E-state index in [1.807, 2.05) is 30.1 Å². The highest BCUT2D eigenvalue weighted by atomic mass is 16.5. The van der Waals surface area contributed by atoms with Crippen LogP contribution in [0.2, 0.25) is 0 Å². The van der Waals surface area contributed by atoms with Gasteiger partial charge in [0.15, 0.2) is 0 Å². The minimum Gasteiger partial charge on any atom is -0.378 e. The minimum atomic E-state index is -0.167. The number of nitrogens with one attached hydrogen (secondary N) is 1. The largest absolute Gasteiger partial charge is 0.378 e. The Morgan fingerprint density at radius 2 is 1.87 bits per heavy atom. The third-order valence-corrected chi connectivity index (χ3v) is 4.97. The fourth-order valence-corrected chi connectivity index (χ4v) is 3.14. The van der Waals surface area contributed by atoms with Crippen LogP contribution in [0.15, 0.2) is 36.4 Å². The lowest BCUT2D eigenvalue weighted by Gasteiger charge is -2.29. The van der Waals surface area contributed by atoms with Gasteiger partial charge in [0.1, 0.15) is 11.5 Å². The van der Waals surface area contributed by atoms with E-state index >= 15 is 0 Å². The summed E-state index contributed by atoms with van der Waals surface area (Å²) in [6, 6.07) is 12.1. The summed E-state index contributed by atoms with van der Waals surface area (Å²) in [5.41, 5.74) is 1.67. The van der Waals surface area contributed by atoms with Gasteiger partial charge in [-0.25, -0.2) is 4.98 Å². The number of hydrogen-bond donors (Lipinski definition) is 1. The third-order valence-electron chi connectivity index (χ3n) is 4.97. The molecule has 0 unspecified atom stereocenters. The molecule has 0 bridgehead atoms. The monoisotopic (exact) mass is 411 g/mol. The SMILES string of the molecule is CN(CCc1ccccc1)c1nc(C(=O)NCC(C)(C)C)cc(N2CCOCC2)n1. The second kappa shape index (κ2) is 9.89. The number of morpholine rings is 1. The zero-order valence-corrected chi connectivity index (χ0v) is 18.5. The van der Waals surface area contributed by atoms with Gasteiger partial charge in [-0.2, -0.15) is 4.98 Å². The smallest absolute Gasteiger partial charge is 0.270 e. The predicted octanol–water partition coefficient (Wildman–Crippen LogP) is 2.77. The molecule has 3 rings (SSSR count). The van der Waals surface area contributed by atoms with Crippen molar-refractivity contribution in [2.75, 3.05) is 56.2 Å². The molecule has 1 N–H and O–H groups in total. The molecular formula is C23H33N5O2. The molecule has 30 heavy (non-hydrogen) atoms. The van der Waals surface area contributed by atoms with Gasteiger partial charge in [0.2, 0.25) is 5.95 Å². The van der Waals surface area contributed by atoms with Crippen LogP contribution in [-0.4, -0.2) is 62.3 Å². The van der Waals surface area contributed by atoms with Gasteiger partial charge in [0.25, 0.3) is 5.91 Å². The first kappa shape index (κ1) is 22.0. The number of carbonyl (C=O) groups is 1. The molecule has 1 aliphatic rings. The van der Waals surface area contributed by atoms with E-state index in [-0.39, 0.29) is 11.3 Å². The zero-order valence-electron chi connectivity index (χ0n) is 18.5. The number of amides is 1. The average molecular weight is 412 g/mol. The molecule has 162 valence electrons. The van der Waals surface area contributed by atoms with Gasteiger partial charge in [-0.05, 0) is 17.4 Å². The molecule has 1 saturated heterocycles. The van der Waals surface area contributed by atoms with E-state index in [0.29, 0.717) is 31.4 Å². The van der Waals surface area contributed by atoms with E-state index in [1.165, 1.54) is 5.56 Å². The van der Waals surface area contributed by atoms with Crippen molar-refractivity contribution in [3.8, 4) is 0 Å². The second-order valence-electron chi connectivity index (χ2n) is 8.91. The number of benzene rings is 1. The van der Waals surface area contributed by atoms with Gasteiger partial charge in [-0.1, -0.05) is 51.1 Å². The summed E-state index contributed by atoms with van der Waals surface area (Å²) in [5, 5.41) is 3.00. The topological polar surface area (TPSA) is 70.6 Å². The summed E-state index contributed by atoms with van der Waals surface area (Å²) in [6.07, 6.45) is 0.883. The molecule has 0 radical (unpaired) electrons. The van der Waals surface area contributed by atoms with Crippen LogP contribution in [0.5, 0.6) is 0 Å².